The van der Waals surface area contributed by atoms with Crippen LogP contribution in [0, 0.1) is 5.92 Å². The van der Waals surface area contributed by atoms with E-state index in [0.29, 0.717) is 19.0 Å². The Bertz CT molecular complexity index is 516. The Balaban J connectivity index is 2.87. The van der Waals surface area contributed by atoms with Gasteiger partial charge in [-0.05, 0) is 25.0 Å². The highest BCUT2D eigenvalue weighted by atomic mass is 16.4. The quantitative estimate of drug-likeness (QED) is 0.703. The summed E-state index contributed by atoms with van der Waals surface area (Å²) in [4.78, 5) is 24.8. The number of carbonyl (C=O) groups excluding carboxylic acids is 1. The van der Waals surface area contributed by atoms with Gasteiger partial charge in [-0.1, -0.05) is 26.3 Å². The van der Waals surface area contributed by atoms with Crippen molar-refractivity contribution in [2.75, 3.05) is 18.4 Å². The van der Waals surface area contributed by atoms with E-state index in [0.717, 1.165) is 6.42 Å². The molecule has 0 saturated carbocycles. The predicted molar refractivity (Wildman–Crippen MR) is 80.8 cm³/mol. The van der Waals surface area contributed by atoms with Gasteiger partial charge in [-0.15, -0.1) is 0 Å². The zero-order chi connectivity index (χ0) is 16.0. The van der Waals surface area contributed by atoms with Crippen LogP contribution in [0.2, 0.25) is 0 Å². The fraction of sp³-hybridized carbons (Fsp3) is 0.467. The molecule has 0 bridgehead atoms. The number of hydrogen-bond acceptors (Lipinski definition) is 3. The Hall–Kier alpha value is -2.24. The first kappa shape index (κ1) is 16.8. The number of anilines is 1. The molecule has 0 heterocycles. The number of nitrogens with zero attached hydrogens (tertiary/aromatic N) is 1. The van der Waals surface area contributed by atoms with Crippen molar-refractivity contribution in [2.45, 2.75) is 27.2 Å². The van der Waals surface area contributed by atoms with Crippen LogP contribution in [0.15, 0.2) is 18.2 Å². The van der Waals surface area contributed by atoms with Crippen LogP contribution in [-0.2, 0) is 0 Å². The van der Waals surface area contributed by atoms with Crippen molar-refractivity contribution < 1.29 is 19.8 Å². The van der Waals surface area contributed by atoms with E-state index in [-0.39, 0.29) is 17.3 Å². The van der Waals surface area contributed by atoms with Crippen LogP contribution < -0.4 is 5.32 Å². The summed E-state index contributed by atoms with van der Waals surface area (Å²) in [5.41, 5.74) is -0.139. The van der Waals surface area contributed by atoms with Gasteiger partial charge in [0.25, 0.3) is 0 Å². The number of hydrogen-bond donors (Lipinski definition) is 3. The van der Waals surface area contributed by atoms with Gasteiger partial charge in [-0.2, -0.15) is 0 Å². The van der Waals surface area contributed by atoms with E-state index < -0.39 is 11.7 Å². The molecule has 1 rings (SSSR count). The molecule has 1 unspecified atom stereocenters. The minimum absolute atomic E-state index is 0.0995. The van der Waals surface area contributed by atoms with E-state index in [1.54, 1.807) is 4.90 Å². The van der Waals surface area contributed by atoms with Crippen molar-refractivity contribution in [1.29, 1.82) is 0 Å². The van der Waals surface area contributed by atoms with Gasteiger partial charge in [0, 0.05) is 13.1 Å². The Morgan fingerprint density at radius 2 is 2.00 bits per heavy atom. The van der Waals surface area contributed by atoms with Gasteiger partial charge in [-0.3, -0.25) is 0 Å². The van der Waals surface area contributed by atoms with Crippen molar-refractivity contribution in [3.63, 3.8) is 0 Å². The monoisotopic (exact) mass is 294 g/mol. The molecule has 0 saturated heterocycles. The molecule has 1 atom stereocenters. The summed E-state index contributed by atoms with van der Waals surface area (Å²) < 4.78 is 0. The molecule has 0 spiro atoms. The number of rotatable bonds is 6. The molecule has 0 aliphatic heterocycles. The molecule has 116 valence electrons. The Labute approximate surface area is 124 Å². The number of amides is 2. The number of benzene rings is 1. The van der Waals surface area contributed by atoms with Gasteiger partial charge in [0.05, 0.1) is 5.69 Å². The zero-order valence-corrected chi connectivity index (χ0v) is 12.6. The maximum absolute atomic E-state index is 12.2. The number of aromatic carboxylic acids is 1. The number of nitrogens with one attached hydrogen (secondary N) is 1. The van der Waals surface area contributed by atoms with Crippen LogP contribution in [0.25, 0.3) is 0 Å². The first-order valence-electron chi connectivity index (χ1n) is 7.01. The molecule has 0 fully saturated rings. The summed E-state index contributed by atoms with van der Waals surface area (Å²) in [5.74, 6) is -1.30. The molecule has 6 heteroatoms. The highest BCUT2D eigenvalue weighted by Crippen LogP contribution is 2.27. The molecule has 2 amide bonds. The molecule has 0 aromatic heterocycles. The lowest BCUT2D eigenvalue weighted by molar-refractivity contribution is 0.0693. The van der Waals surface area contributed by atoms with E-state index in [1.807, 2.05) is 6.92 Å². The number of carboxylic acid groups (broad SMARTS) is 1. The summed E-state index contributed by atoms with van der Waals surface area (Å²) in [6, 6.07) is 3.88. The van der Waals surface area contributed by atoms with Crippen LogP contribution in [0.1, 0.15) is 37.6 Å². The van der Waals surface area contributed by atoms with Gasteiger partial charge in [0.15, 0.2) is 5.75 Å². The number of carbonyl (C=O) groups is 2. The topological polar surface area (TPSA) is 89.9 Å². The molecule has 0 aliphatic carbocycles. The second-order valence-corrected chi connectivity index (χ2v) is 4.99. The molecule has 21 heavy (non-hydrogen) atoms. The summed E-state index contributed by atoms with van der Waals surface area (Å²) >= 11 is 0. The third-order valence-corrected chi connectivity index (χ3v) is 3.41. The van der Waals surface area contributed by atoms with Crippen LogP contribution >= 0.6 is 0 Å². The van der Waals surface area contributed by atoms with Crippen molar-refractivity contribution in [3.05, 3.63) is 23.8 Å². The second kappa shape index (κ2) is 7.52. The molecule has 1 aromatic rings. The van der Waals surface area contributed by atoms with Crippen LogP contribution in [-0.4, -0.2) is 40.2 Å². The summed E-state index contributed by atoms with van der Waals surface area (Å²) in [7, 11) is 0. The first-order valence-corrected chi connectivity index (χ1v) is 7.01. The summed E-state index contributed by atoms with van der Waals surface area (Å²) in [6.07, 6.45) is 0.962. The van der Waals surface area contributed by atoms with Gasteiger partial charge in [0.2, 0.25) is 0 Å². The minimum Gasteiger partial charge on any atom is -0.505 e. The van der Waals surface area contributed by atoms with Crippen molar-refractivity contribution >= 4 is 17.7 Å². The number of para-hydroxylation sites is 1. The number of phenols is 1. The summed E-state index contributed by atoms with van der Waals surface area (Å²) in [5, 5.41) is 21.4. The van der Waals surface area contributed by atoms with Gasteiger partial charge in [-0.25, -0.2) is 9.59 Å². The van der Waals surface area contributed by atoms with E-state index in [4.69, 9.17) is 5.11 Å². The fourth-order valence-corrected chi connectivity index (χ4v) is 1.87. The average molecular weight is 294 g/mol. The standard InChI is InChI=1S/C15H22N2O4/c1-4-10(3)9-17(5-2)15(21)16-12-8-6-7-11(13(12)18)14(19)20/h6-8,10,18H,4-5,9H2,1-3H3,(H,16,21)(H,19,20). The van der Waals surface area contributed by atoms with Crippen LogP contribution in [0.4, 0.5) is 10.5 Å². The molecule has 1 aromatic carbocycles. The van der Waals surface area contributed by atoms with Gasteiger partial charge < -0.3 is 20.4 Å². The Kier molecular flexibility index (Phi) is 6.02. The van der Waals surface area contributed by atoms with E-state index in [9.17, 15) is 14.7 Å². The molecule has 0 radical (unpaired) electrons. The normalized spacial score (nSPS) is 11.8. The van der Waals surface area contributed by atoms with E-state index in [1.165, 1.54) is 18.2 Å². The van der Waals surface area contributed by atoms with Crippen molar-refractivity contribution in [2.24, 2.45) is 5.92 Å². The highest BCUT2D eigenvalue weighted by molar-refractivity contribution is 5.97. The lowest BCUT2D eigenvalue weighted by Gasteiger charge is -2.24. The summed E-state index contributed by atoms with van der Waals surface area (Å²) in [6.45, 7) is 7.13. The molecule has 3 N–H and O–H groups in total. The van der Waals surface area contributed by atoms with Crippen LogP contribution in [0.5, 0.6) is 5.75 Å². The first-order chi connectivity index (χ1) is 9.90. The van der Waals surface area contributed by atoms with E-state index in [2.05, 4.69) is 19.2 Å². The Morgan fingerprint density at radius 3 is 2.52 bits per heavy atom. The molecular weight excluding hydrogens is 272 g/mol. The maximum Gasteiger partial charge on any atom is 0.339 e. The van der Waals surface area contributed by atoms with Gasteiger partial charge >= 0.3 is 12.0 Å². The maximum atomic E-state index is 12.2. The average Bonchev–Trinajstić information content (AvgIpc) is 2.46. The number of aromatic hydroxyl groups is 1. The lowest BCUT2D eigenvalue weighted by atomic mass is 10.1. The van der Waals surface area contributed by atoms with E-state index >= 15 is 0 Å². The smallest absolute Gasteiger partial charge is 0.339 e. The molecule has 0 aliphatic rings. The Morgan fingerprint density at radius 1 is 1.33 bits per heavy atom. The zero-order valence-electron chi connectivity index (χ0n) is 12.6. The third-order valence-electron chi connectivity index (χ3n) is 3.41. The SMILES string of the molecule is CCC(C)CN(CC)C(=O)Nc1cccc(C(=O)O)c1O. The second-order valence-electron chi connectivity index (χ2n) is 4.99. The molecular formula is C15H22N2O4. The predicted octanol–water partition coefficient (Wildman–Crippen LogP) is 2.99. The lowest BCUT2D eigenvalue weighted by Crippen LogP contribution is -2.37. The van der Waals surface area contributed by atoms with Gasteiger partial charge in [0.1, 0.15) is 5.56 Å². The largest absolute Gasteiger partial charge is 0.505 e. The number of carboxylic acids is 1. The number of urea groups is 1. The fourth-order valence-electron chi connectivity index (χ4n) is 1.87. The van der Waals surface area contributed by atoms with Crippen molar-refractivity contribution in [3.8, 4) is 5.75 Å². The molecule has 6 nitrogen and oxygen atoms in total. The van der Waals surface area contributed by atoms with Crippen LogP contribution in [0.3, 0.4) is 0 Å². The minimum atomic E-state index is -1.24. The highest BCUT2D eigenvalue weighted by Gasteiger charge is 2.18. The van der Waals surface area contributed by atoms with Crippen molar-refractivity contribution in [1.82, 2.24) is 4.90 Å². The third kappa shape index (κ3) is 4.37.